The zero-order valence-electron chi connectivity index (χ0n) is 9.47. The molecule has 1 fully saturated rings. The molecule has 88 valence electrons. The molecule has 16 heavy (non-hydrogen) atoms. The molecule has 1 aromatic carbocycles. The second-order valence-electron chi connectivity index (χ2n) is 4.73. The van der Waals surface area contributed by atoms with Crippen molar-refractivity contribution in [2.24, 2.45) is 5.92 Å². The van der Waals surface area contributed by atoms with Gasteiger partial charge in [0.2, 0.25) is 0 Å². The van der Waals surface area contributed by atoms with Crippen molar-refractivity contribution in [2.75, 3.05) is 0 Å². The van der Waals surface area contributed by atoms with Crippen LogP contribution in [0.5, 0.6) is 0 Å². The zero-order chi connectivity index (χ0) is 11.5. The van der Waals surface area contributed by atoms with E-state index in [1.54, 1.807) is 0 Å². The highest BCUT2D eigenvalue weighted by Gasteiger charge is 2.20. The molecule has 2 atom stereocenters. The van der Waals surface area contributed by atoms with E-state index < -0.39 is 11.6 Å². The molecule has 2 unspecified atom stereocenters. The van der Waals surface area contributed by atoms with Crippen molar-refractivity contribution in [2.45, 2.75) is 38.8 Å². The van der Waals surface area contributed by atoms with Gasteiger partial charge in [-0.05, 0) is 31.2 Å². The molecule has 1 aliphatic rings. The molecule has 0 aliphatic heterocycles. The Kier molecular flexibility index (Phi) is 3.54. The van der Waals surface area contributed by atoms with Crippen LogP contribution in [0.3, 0.4) is 0 Å². The van der Waals surface area contributed by atoms with Gasteiger partial charge in [-0.1, -0.05) is 13.0 Å². The third kappa shape index (κ3) is 2.79. The van der Waals surface area contributed by atoms with E-state index in [0.29, 0.717) is 18.2 Å². The Morgan fingerprint density at radius 2 is 2.12 bits per heavy atom. The maximum Gasteiger partial charge on any atom is 0.130 e. The van der Waals surface area contributed by atoms with Gasteiger partial charge in [-0.15, -0.1) is 0 Å². The summed E-state index contributed by atoms with van der Waals surface area (Å²) in [5, 5.41) is 3.33. The van der Waals surface area contributed by atoms with E-state index in [4.69, 9.17) is 0 Å². The summed E-state index contributed by atoms with van der Waals surface area (Å²) in [5.41, 5.74) is 0.543. The molecule has 0 aromatic heterocycles. The van der Waals surface area contributed by atoms with Gasteiger partial charge in [0.1, 0.15) is 11.6 Å². The topological polar surface area (TPSA) is 12.0 Å². The van der Waals surface area contributed by atoms with Crippen LogP contribution in [0.4, 0.5) is 8.78 Å². The highest BCUT2D eigenvalue weighted by Crippen LogP contribution is 2.24. The average molecular weight is 225 g/mol. The fourth-order valence-electron chi connectivity index (χ4n) is 2.31. The minimum Gasteiger partial charge on any atom is -0.310 e. The van der Waals surface area contributed by atoms with Gasteiger partial charge in [0.25, 0.3) is 0 Å². The van der Waals surface area contributed by atoms with Crippen molar-refractivity contribution in [3.8, 4) is 0 Å². The van der Waals surface area contributed by atoms with Crippen LogP contribution in [0.15, 0.2) is 18.2 Å². The lowest BCUT2D eigenvalue weighted by atomic mass is 10.1. The van der Waals surface area contributed by atoms with Crippen molar-refractivity contribution >= 4 is 0 Å². The zero-order valence-corrected chi connectivity index (χ0v) is 9.47. The molecule has 0 spiro atoms. The molecular weight excluding hydrogens is 208 g/mol. The molecule has 1 aliphatic carbocycles. The van der Waals surface area contributed by atoms with Gasteiger partial charge in [-0.2, -0.15) is 0 Å². The van der Waals surface area contributed by atoms with Gasteiger partial charge < -0.3 is 5.32 Å². The fraction of sp³-hybridized carbons (Fsp3) is 0.538. The van der Waals surface area contributed by atoms with Gasteiger partial charge in [-0.3, -0.25) is 0 Å². The third-order valence-electron chi connectivity index (χ3n) is 3.29. The lowest BCUT2D eigenvalue weighted by molar-refractivity contribution is 0.489. The van der Waals surface area contributed by atoms with Crippen LogP contribution in [-0.4, -0.2) is 6.04 Å². The minimum atomic E-state index is -0.518. The van der Waals surface area contributed by atoms with Crippen molar-refractivity contribution in [3.63, 3.8) is 0 Å². The quantitative estimate of drug-likeness (QED) is 0.832. The summed E-state index contributed by atoms with van der Waals surface area (Å²) in [4.78, 5) is 0. The molecule has 0 amide bonds. The lowest BCUT2D eigenvalue weighted by Gasteiger charge is -2.12. The summed E-state index contributed by atoms with van der Waals surface area (Å²) in [6.07, 6.45) is 3.55. The van der Waals surface area contributed by atoms with Crippen LogP contribution in [-0.2, 0) is 6.54 Å². The molecule has 1 N–H and O–H groups in total. The Bertz CT molecular complexity index is 365. The maximum atomic E-state index is 13.3. The van der Waals surface area contributed by atoms with Gasteiger partial charge >= 0.3 is 0 Å². The highest BCUT2D eigenvalue weighted by atomic mass is 19.1. The number of rotatable bonds is 3. The molecule has 1 aromatic rings. The minimum absolute atomic E-state index is 0.460. The van der Waals surface area contributed by atoms with E-state index >= 15 is 0 Å². The van der Waals surface area contributed by atoms with Crippen LogP contribution < -0.4 is 5.32 Å². The lowest BCUT2D eigenvalue weighted by Crippen LogP contribution is -2.26. The first-order valence-electron chi connectivity index (χ1n) is 5.82. The largest absolute Gasteiger partial charge is 0.310 e. The summed E-state index contributed by atoms with van der Waals surface area (Å²) < 4.78 is 26.0. The van der Waals surface area contributed by atoms with E-state index in [0.717, 1.165) is 24.8 Å². The molecular formula is C13H17F2N. The van der Waals surface area contributed by atoms with E-state index in [1.165, 1.54) is 18.6 Å². The molecule has 2 rings (SSSR count). The molecule has 0 bridgehead atoms. The van der Waals surface area contributed by atoms with Crippen LogP contribution in [0, 0.1) is 17.6 Å². The van der Waals surface area contributed by atoms with Crippen molar-refractivity contribution < 1.29 is 8.78 Å². The molecule has 0 radical (unpaired) electrons. The monoisotopic (exact) mass is 225 g/mol. The number of benzene rings is 1. The van der Waals surface area contributed by atoms with E-state index in [9.17, 15) is 8.78 Å². The van der Waals surface area contributed by atoms with Crippen LogP contribution >= 0.6 is 0 Å². The van der Waals surface area contributed by atoms with Crippen LogP contribution in [0.1, 0.15) is 31.7 Å². The molecule has 0 saturated heterocycles. The van der Waals surface area contributed by atoms with Gasteiger partial charge in [0.15, 0.2) is 0 Å². The van der Waals surface area contributed by atoms with Crippen molar-refractivity contribution in [1.29, 1.82) is 0 Å². The normalized spacial score (nSPS) is 24.9. The van der Waals surface area contributed by atoms with Gasteiger partial charge in [0.05, 0.1) is 0 Å². The Morgan fingerprint density at radius 3 is 2.75 bits per heavy atom. The second-order valence-corrected chi connectivity index (χ2v) is 4.73. The number of halogens is 2. The molecule has 1 saturated carbocycles. The fourth-order valence-corrected chi connectivity index (χ4v) is 2.31. The average Bonchev–Trinajstić information content (AvgIpc) is 2.63. The number of hydrogen-bond acceptors (Lipinski definition) is 1. The number of nitrogens with one attached hydrogen (secondary N) is 1. The summed E-state index contributed by atoms with van der Waals surface area (Å²) >= 11 is 0. The summed E-state index contributed by atoms with van der Waals surface area (Å²) in [7, 11) is 0. The molecule has 0 heterocycles. The summed E-state index contributed by atoms with van der Waals surface area (Å²) in [5.74, 6) is -0.218. The van der Waals surface area contributed by atoms with Crippen LogP contribution in [0.25, 0.3) is 0 Å². The Labute approximate surface area is 94.9 Å². The second kappa shape index (κ2) is 4.91. The summed E-state index contributed by atoms with van der Waals surface area (Å²) in [6.45, 7) is 2.73. The van der Waals surface area contributed by atoms with Crippen molar-refractivity contribution in [1.82, 2.24) is 5.32 Å². The first kappa shape index (κ1) is 11.5. The summed E-state index contributed by atoms with van der Waals surface area (Å²) in [6, 6.07) is 4.24. The highest BCUT2D eigenvalue weighted by molar-refractivity contribution is 5.18. The molecule has 3 heteroatoms. The predicted molar refractivity (Wildman–Crippen MR) is 60.0 cm³/mol. The van der Waals surface area contributed by atoms with E-state index in [1.807, 2.05) is 0 Å². The van der Waals surface area contributed by atoms with Gasteiger partial charge in [0, 0.05) is 24.2 Å². The Morgan fingerprint density at radius 1 is 1.31 bits per heavy atom. The van der Waals surface area contributed by atoms with E-state index in [2.05, 4.69) is 12.2 Å². The number of hydrogen-bond donors (Lipinski definition) is 1. The van der Waals surface area contributed by atoms with Crippen LogP contribution in [0.2, 0.25) is 0 Å². The smallest absolute Gasteiger partial charge is 0.130 e. The Balaban J connectivity index is 1.89. The third-order valence-corrected chi connectivity index (χ3v) is 3.29. The molecule has 1 nitrogen and oxygen atoms in total. The Hall–Kier alpha value is -0.960. The maximum absolute atomic E-state index is 13.3. The predicted octanol–water partition coefficient (Wildman–Crippen LogP) is 3.24. The first-order chi connectivity index (χ1) is 7.65. The SMILES string of the molecule is CC1CCC(NCc2ccc(F)cc2F)C1. The van der Waals surface area contributed by atoms with Gasteiger partial charge in [-0.25, -0.2) is 8.78 Å². The first-order valence-corrected chi connectivity index (χ1v) is 5.82. The van der Waals surface area contributed by atoms with E-state index in [-0.39, 0.29) is 0 Å². The standard InChI is InChI=1S/C13H17F2N/c1-9-2-5-12(6-9)16-8-10-3-4-11(14)7-13(10)15/h3-4,7,9,12,16H,2,5-6,8H2,1H3. The van der Waals surface area contributed by atoms with Crippen molar-refractivity contribution in [3.05, 3.63) is 35.4 Å².